The molecular formula is C19H18BrN3. The summed E-state index contributed by atoms with van der Waals surface area (Å²) in [5, 5.41) is 9.33. The molecule has 1 aliphatic rings. The van der Waals surface area contributed by atoms with E-state index in [1.807, 2.05) is 18.2 Å². The summed E-state index contributed by atoms with van der Waals surface area (Å²) in [4.78, 5) is 7.10. The molecule has 0 N–H and O–H groups in total. The molecule has 1 fully saturated rings. The van der Waals surface area contributed by atoms with E-state index in [2.05, 4.69) is 58.1 Å². The van der Waals surface area contributed by atoms with Gasteiger partial charge in [0.25, 0.3) is 0 Å². The van der Waals surface area contributed by atoms with Crippen molar-refractivity contribution in [3.05, 3.63) is 58.1 Å². The standard InChI is InChI=1S/C19H18BrN3/c1-2-14-6-3-4-7-18(14)23-11-5-8-19(23)22-17-10-9-16(20)12-15(17)13-21/h3-4,6-7,9-10,12H,2,5,8,11H2,1H3. The topological polar surface area (TPSA) is 39.4 Å². The SMILES string of the molecule is CCc1ccccc1N1CCCC1=Nc1ccc(Br)cc1C#N. The summed E-state index contributed by atoms with van der Waals surface area (Å²) in [5.41, 5.74) is 3.91. The van der Waals surface area contributed by atoms with Crippen LogP contribution >= 0.6 is 15.9 Å². The molecule has 0 spiro atoms. The molecule has 23 heavy (non-hydrogen) atoms. The molecular weight excluding hydrogens is 350 g/mol. The predicted octanol–water partition coefficient (Wildman–Crippen LogP) is 5.21. The smallest absolute Gasteiger partial charge is 0.109 e. The Labute approximate surface area is 145 Å². The number of para-hydroxylation sites is 1. The van der Waals surface area contributed by atoms with Crippen molar-refractivity contribution in [1.29, 1.82) is 5.26 Å². The van der Waals surface area contributed by atoms with Gasteiger partial charge in [-0.2, -0.15) is 5.26 Å². The molecule has 0 aromatic heterocycles. The van der Waals surface area contributed by atoms with Gasteiger partial charge in [-0.3, -0.25) is 0 Å². The van der Waals surface area contributed by atoms with Crippen LogP contribution in [0.4, 0.5) is 11.4 Å². The normalized spacial score (nSPS) is 15.9. The van der Waals surface area contributed by atoms with Gasteiger partial charge in [0.2, 0.25) is 0 Å². The first-order chi connectivity index (χ1) is 11.2. The van der Waals surface area contributed by atoms with E-state index < -0.39 is 0 Å². The zero-order valence-electron chi connectivity index (χ0n) is 13.1. The van der Waals surface area contributed by atoms with Gasteiger partial charge in [0.1, 0.15) is 11.9 Å². The molecule has 0 amide bonds. The van der Waals surface area contributed by atoms with Crippen LogP contribution in [0.25, 0.3) is 0 Å². The van der Waals surface area contributed by atoms with Gasteiger partial charge >= 0.3 is 0 Å². The molecule has 3 rings (SSSR count). The van der Waals surface area contributed by atoms with Gasteiger partial charge in [0.15, 0.2) is 0 Å². The first kappa shape index (κ1) is 15.8. The Balaban J connectivity index is 2.01. The quantitative estimate of drug-likeness (QED) is 0.746. The second-order valence-corrected chi connectivity index (χ2v) is 6.45. The van der Waals surface area contributed by atoms with E-state index in [1.165, 1.54) is 11.3 Å². The third-order valence-corrected chi connectivity index (χ3v) is 4.58. The lowest BCUT2D eigenvalue weighted by Gasteiger charge is -2.22. The van der Waals surface area contributed by atoms with E-state index in [0.717, 1.165) is 41.8 Å². The van der Waals surface area contributed by atoms with E-state index in [9.17, 15) is 5.26 Å². The summed E-state index contributed by atoms with van der Waals surface area (Å²) in [5.74, 6) is 1.05. The van der Waals surface area contributed by atoms with Crippen molar-refractivity contribution >= 4 is 33.1 Å². The van der Waals surface area contributed by atoms with E-state index in [1.54, 1.807) is 0 Å². The molecule has 3 nitrogen and oxygen atoms in total. The van der Waals surface area contributed by atoms with Crippen LogP contribution in [0, 0.1) is 11.3 Å². The second-order valence-electron chi connectivity index (χ2n) is 5.54. The zero-order valence-corrected chi connectivity index (χ0v) is 14.7. The van der Waals surface area contributed by atoms with Gasteiger partial charge in [-0.05, 0) is 42.7 Å². The highest BCUT2D eigenvalue weighted by Crippen LogP contribution is 2.29. The number of benzene rings is 2. The lowest BCUT2D eigenvalue weighted by molar-refractivity contribution is 0.949. The van der Waals surface area contributed by atoms with E-state index in [4.69, 9.17) is 4.99 Å². The van der Waals surface area contributed by atoms with Crippen LogP contribution in [0.15, 0.2) is 51.9 Å². The molecule has 0 radical (unpaired) electrons. The number of aryl methyl sites for hydroxylation is 1. The molecule has 4 heteroatoms. The summed E-state index contributed by atoms with van der Waals surface area (Å²) in [6.07, 6.45) is 3.04. The largest absolute Gasteiger partial charge is 0.330 e. The van der Waals surface area contributed by atoms with E-state index >= 15 is 0 Å². The number of anilines is 1. The predicted molar refractivity (Wildman–Crippen MR) is 98.4 cm³/mol. The van der Waals surface area contributed by atoms with Crippen molar-refractivity contribution in [3.63, 3.8) is 0 Å². The van der Waals surface area contributed by atoms with Gasteiger partial charge in [-0.1, -0.05) is 41.1 Å². The molecule has 2 aromatic rings. The monoisotopic (exact) mass is 367 g/mol. The maximum atomic E-state index is 9.33. The fourth-order valence-electron chi connectivity index (χ4n) is 2.94. The summed E-state index contributed by atoms with van der Waals surface area (Å²) in [7, 11) is 0. The van der Waals surface area contributed by atoms with Crippen LogP contribution in [0.1, 0.15) is 30.9 Å². The first-order valence-electron chi connectivity index (χ1n) is 7.85. The lowest BCUT2D eigenvalue weighted by Crippen LogP contribution is -2.25. The number of nitriles is 1. The maximum Gasteiger partial charge on any atom is 0.109 e. The van der Waals surface area contributed by atoms with Crippen LogP contribution in [0.3, 0.4) is 0 Å². The Bertz CT molecular complexity index is 789. The Morgan fingerprint density at radius 2 is 2.09 bits per heavy atom. The molecule has 0 unspecified atom stereocenters. The fourth-order valence-corrected chi connectivity index (χ4v) is 3.30. The van der Waals surface area contributed by atoms with Crippen molar-refractivity contribution in [2.75, 3.05) is 11.4 Å². The van der Waals surface area contributed by atoms with Crippen molar-refractivity contribution in [2.24, 2.45) is 4.99 Å². The van der Waals surface area contributed by atoms with Crippen LogP contribution in [-0.2, 0) is 6.42 Å². The number of hydrogen-bond acceptors (Lipinski definition) is 2. The molecule has 1 saturated heterocycles. The van der Waals surface area contributed by atoms with Gasteiger partial charge in [-0.25, -0.2) is 4.99 Å². The maximum absolute atomic E-state index is 9.33. The number of halogens is 1. The molecule has 0 bridgehead atoms. The van der Waals surface area contributed by atoms with Crippen LogP contribution in [-0.4, -0.2) is 12.4 Å². The molecule has 1 aliphatic heterocycles. The van der Waals surface area contributed by atoms with Crippen molar-refractivity contribution in [3.8, 4) is 6.07 Å². The minimum Gasteiger partial charge on any atom is -0.330 e. The van der Waals surface area contributed by atoms with Crippen molar-refractivity contribution < 1.29 is 0 Å². The number of aliphatic imine (C=N–C) groups is 1. The van der Waals surface area contributed by atoms with Crippen molar-refractivity contribution in [1.82, 2.24) is 0 Å². The summed E-state index contributed by atoms with van der Waals surface area (Å²) >= 11 is 3.41. The minimum absolute atomic E-state index is 0.600. The van der Waals surface area contributed by atoms with Gasteiger partial charge in [0.05, 0.1) is 11.3 Å². The molecule has 0 atom stereocenters. The van der Waals surface area contributed by atoms with Crippen LogP contribution < -0.4 is 4.90 Å². The van der Waals surface area contributed by atoms with Gasteiger partial charge in [-0.15, -0.1) is 0 Å². The summed E-state index contributed by atoms with van der Waals surface area (Å²) in [6, 6.07) is 16.4. The van der Waals surface area contributed by atoms with Crippen LogP contribution in [0.2, 0.25) is 0 Å². The minimum atomic E-state index is 0.600. The molecule has 116 valence electrons. The molecule has 0 aliphatic carbocycles. The average molecular weight is 368 g/mol. The van der Waals surface area contributed by atoms with Crippen molar-refractivity contribution in [2.45, 2.75) is 26.2 Å². The Hall–Kier alpha value is -2.12. The molecule has 1 heterocycles. The third-order valence-electron chi connectivity index (χ3n) is 4.09. The number of nitrogens with zero attached hydrogens (tertiary/aromatic N) is 3. The molecule has 0 saturated carbocycles. The summed E-state index contributed by atoms with van der Waals surface area (Å²) < 4.78 is 0.901. The molecule has 2 aromatic carbocycles. The average Bonchev–Trinajstić information content (AvgIpc) is 3.04. The van der Waals surface area contributed by atoms with E-state index in [-0.39, 0.29) is 0 Å². The van der Waals surface area contributed by atoms with Crippen LogP contribution in [0.5, 0.6) is 0 Å². The Morgan fingerprint density at radius 1 is 1.26 bits per heavy atom. The fraction of sp³-hybridized carbons (Fsp3) is 0.263. The second kappa shape index (κ2) is 6.97. The van der Waals surface area contributed by atoms with Gasteiger partial charge in [0, 0.05) is 23.1 Å². The highest BCUT2D eigenvalue weighted by Gasteiger charge is 2.22. The highest BCUT2D eigenvalue weighted by atomic mass is 79.9. The number of hydrogen-bond donors (Lipinski definition) is 0. The summed E-state index contributed by atoms with van der Waals surface area (Å²) in [6.45, 7) is 3.16. The Kier molecular flexibility index (Phi) is 4.78. The zero-order chi connectivity index (χ0) is 16.2. The third kappa shape index (κ3) is 3.30. The van der Waals surface area contributed by atoms with E-state index in [0.29, 0.717) is 5.56 Å². The highest BCUT2D eigenvalue weighted by molar-refractivity contribution is 9.10. The number of amidine groups is 1. The Morgan fingerprint density at radius 3 is 2.87 bits per heavy atom. The first-order valence-corrected chi connectivity index (χ1v) is 8.65. The number of rotatable bonds is 3. The van der Waals surface area contributed by atoms with Gasteiger partial charge < -0.3 is 4.90 Å². The lowest BCUT2D eigenvalue weighted by atomic mass is 10.1.